The van der Waals surface area contributed by atoms with Crippen molar-refractivity contribution in [2.45, 2.75) is 24.3 Å². The molecule has 1 unspecified atom stereocenters. The van der Waals surface area contributed by atoms with Crippen LogP contribution in [0, 0.1) is 6.92 Å². The molecule has 19 heavy (non-hydrogen) atoms. The van der Waals surface area contributed by atoms with Gasteiger partial charge in [0, 0.05) is 18.7 Å². The van der Waals surface area contributed by atoms with Crippen LogP contribution in [0.1, 0.15) is 12.0 Å². The van der Waals surface area contributed by atoms with E-state index in [9.17, 15) is 8.42 Å². The molecule has 1 aromatic rings. The van der Waals surface area contributed by atoms with Gasteiger partial charge in [0.15, 0.2) is 11.5 Å². The second kappa shape index (κ2) is 4.66. The summed E-state index contributed by atoms with van der Waals surface area (Å²) in [5.74, 6) is 1.08. The lowest BCUT2D eigenvalue weighted by Crippen LogP contribution is -2.36. The van der Waals surface area contributed by atoms with Crippen LogP contribution < -0.4 is 19.5 Å². The lowest BCUT2D eigenvalue weighted by molar-refractivity contribution is 0.174. The van der Waals surface area contributed by atoms with Crippen molar-refractivity contribution >= 4 is 10.0 Å². The van der Waals surface area contributed by atoms with Crippen molar-refractivity contribution in [3.63, 3.8) is 0 Å². The Hall–Kier alpha value is -1.31. The summed E-state index contributed by atoms with van der Waals surface area (Å²) in [7, 11) is -3.52. The molecule has 2 aliphatic heterocycles. The van der Waals surface area contributed by atoms with Gasteiger partial charge in [0.1, 0.15) is 0 Å². The molecule has 1 aromatic carbocycles. The SMILES string of the molecule is Cc1cc2c(cc1S(=O)(=O)NC1CCNC1)OCO2. The van der Waals surface area contributed by atoms with Gasteiger partial charge in [-0.3, -0.25) is 0 Å². The van der Waals surface area contributed by atoms with Crippen LogP contribution in [-0.4, -0.2) is 34.3 Å². The number of rotatable bonds is 3. The third-order valence-electron chi connectivity index (χ3n) is 3.34. The van der Waals surface area contributed by atoms with Crippen LogP contribution >= 0.6 is 0 Å². The van der Waals surface area contributed by atoms with Crippen LogP contribution in [0.5, 0.6) is 11.5 Å². The van der Waals surface area contributed by atoms with Crippen molar-refractivity contribution in [1.82, 2.24) is 10.0 Å². The quantitative estimate of drug-likeness (QED) is 0.838. The largest absolute Gasteiger partial charge is 0.454 e. The Morgan fingerprint density at radius 3 is 2.74 bits per heavy atom. The summed E-state index contributed by atoms with van der Waals surface area (Å²) in [5, 5.41) is 3.13. The molecule has 2 N–H and O–H groups in total. The summed E-state index contributed by atoms with van der Waals surface area (Å²) in [4.78, 5) is 0.253. The van der Waals surface area contributed by atoms with Gasteiger partial charge in [-0.1, -0.05) is 0 Å². The van der Waals surface area contributed by atoms with Crippen molar-refractivity contribution in [2.24, 2.45) is 0 Å². The molecular weight excluding hydrogens is 268 g/mol. The third kappa shape index (κ3) is 2.41. The van der Waals surface area contributed by atoms with Gasteiger partial charge >= 0.3 is 0 Å². The molecule has 0 bridgehead atoms. The predicted molar refractivity (Wildman–Crippen MR) is 68.9 cm³/mol. The number of fused-ring (bicyclic) bond motifs is 1. The molecule has 7 heteroatoms. The van der Waals surface area contributed by atoms with Crippen LogP contribution in [0.4, 0.5) is 0 Å². The monoisotopic (exact) mass is 284 g/mol. The summed E-state index contributed by atoms with van der Waals surface area (Å²) in [6.45, 7) is 3.40. The summed E-state index contributed by atoms with van der Waals surface area (Å²) in [6.07, 6.45) is 0.808. The first kappa shape index (κ1) is 12.7. The van der Waals surface area contributed by atoms with Crippen LogP contribution in [0.2, 0.25) is 0 Å². The normalized spacial score (nSPS) is 21.8. The minimum atomic E-state index is -3.52. The zero-order valence-corrected chi connectivity index (χ0v) is 11.4. The average Bonchev–Trinajstić information content (AvgIpc) is 2.97. The lowest BCUT2D eigenvalue weighted by Gasteiger charge is -2.14. The second-order valence-electron chi connectivity index (χ2n) is 4.78. The average molecular weight is 284 g/mol. The minimum absolute atomic E-state index is 0.0465. The topological polar surface area (TPSA) is 76.7 Å². The standard InChI is InChI=1S/C12H16N2O4S/c1-8-4-10-11(18-7-17-10)5-12(8)19(15,16)14-9-2-3-13-6-9/h4-5,9,13-14H,2-3,6-7H2,1H3. The Morgan fingerprint density at radius 1 is 1.32 bits per heavy atom. The van der Waals surface area contributed by atoms with Crippen molar-refractivity contribution in [1.29, 1.82) is 0 Å². The lowest BCUT2D eigenvalue weighted by atomic mass is 10.2. The molecule has 0 aromatic heterocycles. The highest BCUT2D eigenvalue weighted by Crippen LogP contribution is 2.36. The molecule has 2 heterocycles. The van der Waals surface area contributed by atoms with Gasteiger partial charge in [-0.15, -0.1) is 0 Å². The van der Waals surface area contributed by atoms with Crippen LogP contribution in [-0.2, 0) is 10.0 Å². The zero-order chi connectivity index (χ0) is 13.5. The van der Waals surface area contributed by atoms with Gasteiger partial charge in [-0.05, 0) is 31.5 Å². The molecule has 3 rings (SSSR count). The molecule has 0 spiro atoms. The maximum atomic E-state index is 12.4. The highest BCUT2D eigenvalue weighted by molar-refractivity contribution is 7.89. The Bertz CT molecular complexity index is 594. The third-order valence-corrected chi connectivity index (χ3v) is 5.00. The van der Waals surface area contributed by atoms with Gasteiger partial charge in [-0.25, -0.2) is 13.1 Å². The Labute approximate surface area is 112 Å². The van der Waals surface area contributed by atoms with Crippen molar-refractivity contribution in [3.05, 3.63) is 17.7 Å². The predicted octanol–water partition coefficient (Wildman–Crippen LogP) is 0.364. The maximum Gasteiger partial charge on any atom is 0.241 e. The first-order valence-corrected chi connectivity index (χ1v) is 7.68. The Kier molecular flexibility index (Phi) is 3.12. The fourth-order valence-corrected chi connectivity index (χ4v) is 3.86. The molecule has 0 saturated carbocycles. The van der Waals surface area contributed by atoms with Gasteiger partial charge in [0.05, 0.1) is 4.90 Å². The van der Waals surface area contributed by atoms with E-state index in [1.54, 1.807) is 13.0 Å². The molecule has 2 aliphatic rings. The minimum Gasteiger partial charge on any atom is -0.454 e. The highest BCUT2D eigenvalue weighted by Gasteiger charge is 2.26. The van der Waals surface area contributed by atoms with E-state index in [-0.39, 0.29) is 17.7 Å². The van der Waals surface area contributed by atoms with E-state index < -0.39 is 10.0 Å². The highest BCUT2D eigenvalue weighted by atomic mass is 32.2. The van der Waals surface area contributed by atoms with Crippen molar-refractivity contribution in [2.75, 3.05) is 19.9 Å². The fourth-order valence-electron chi connectivity index (χ4n) is 2.35. The summed E-state index contributed by atoms with van der Waals surface area (Å²) >= 11 is 0. The van der Waals surface area contributed by atoms with E-state index in [1.165, 1.54) is 6.07 Å². The first-order valence-electron chi connectivity index (χ1n) is 6.19. The number of sulfonamides is 1. The van der Waals surface area contributed by atoms with E-state index in [1.807, 2.05) is 0 Å². The van der Waals surface area contributed by atoms with E-state index in [4.69, 9.17) is 9.47 Å². The van der Waals surface area contributed by atoms with Crippen molar-refractivity contribution in [3.8, 4) is 11.5 Å². The zero-order valence-electron chi connectivity index (χ0n) is 10.6. The number of ether oxygens (including phenoxy) is 2. The number of aryl methyl sites for hydroxylation is 1. The van der Waals surface area contributed by atoms with Crippen LogP contribution in [0.25, 0.3) is 0 Å². The fraction of sp³-hybridized carbons (Fsp3) is 0.500. The van der Waals surface area contributed by atoms with Gasteiger partial charge in [-0.2, -0.15) is 0 Å². The molecule has 0 amide bonds. The second-order valence-corrected chi connectivity index (χ2v) is 6.46. The van der Waals surface area contributed by atoms with E-state index in [2.05, 4.69) is 10.0 Å². The Morgan fingerprint density at radius 2 is 2.05 bits per heavy atom. The first-order chi connectivity index (χ1) is 9.06. The Balaban J connectivity index is 1.92. The van der Waals surface area contributed by atoms with Crippen molar-refractivity contribution < 1.29 is 17.9 Å². The number of hydrogen-bond donors (Lipinski definition) is 2. The summed E-state index contributed by atoms with van der Waals surface area (Å²) in [6, 6.07) is 3.18. The van der Waals surface area contributed by atoms with Crippen LogP contribution in [0.3, 0.4) is 0 Å². The molecule has 1 saturated heterocycles. The number of benzene rings is 1. The number of nitrogens with one attached hydrogen (secondary N) is 2. The molecule has 104 valence electrons. The maximum absolute atomic E-state index is 12.4. The van der Waals surface area contributed by atoms with E-state index in [0.29, 0.717) is 23.6 Å². The smallest absolute Gasteiger partial charge is 0.241 e. The summed E-state index contributed by atoms with van der Waals surface area (Å²) in [5.41, 5.74) is 0.655. The van der Waals surface area contributed by atoms with Crippen LogP contribution in [0.15, 0.2) is 17.0 Å². The van der Waals surface area contributed by atoms with Gasteiger partial charge in [0.25, 0.3) is 0 Å². The van der Waals surface area contributed by atoms with Gasteiger partial charge < -0.3 is 14.8 Å². The molecule has 1 fully saturated rings. The molecular formula is C12H16N2O4S. The molecule has 0 radical (unpaired) electrons. The van der Waals surface area contributed by atoms with Gasteiger partial charge in [0.2, 0.25) is 16.8 Å². The number of hydrogen-bond acceptors (Lipinski definition) is 5. The van der Waals surface area contributed by atoms with E-state index in [0.717, 1.165) is 13.0 Å². The summed E-state index contributed by atoms with van der Waals surface area (Å²) < 4.78 is 37.9. The molecule has 1 atom stereocenters. The molecule has 0 aliphatic carbocycles. The van der Waals surface area contributed by atoms with E-state index >= 15 is 0 Å². The molecule has 6 nitrogen and oxygen atoms in total.